The topological polar surface area (TPSA) is 108 Å². The lowest BCUT2D eigenvalue weighted by atomic mass is 9.97. The summed E-state index contributed by atoms with van der Waals surface area (Å²) in [5.74, 6) is 0.957. The molecule has 2 fully saturated rings. The number of anilines is 1. The van der Waals surface area contributed by atoms with Crippen molar-refractivity contribution < 1.29 is 19.1 Å². The zero-order valence-electron chi connectivity index (χ0n) is 17.9. The van der Waals surface area contributed by atoms with E-state index in [1.54, 1.807) is 6.33 Å². The lowest BCUT2D eigenvalue weighted by Crippen LogP contribution is -2.52. The minimum Gasteiger partial charge on any atom is -0.445 e. The van der Waals surface area contributed by atoms with Crippen LogP contribution in [0.3, 0.4) is 0 Å². The van der Waals surface area contributed by atoms with Gasteiger partial charge in [0.2, 0.25) is 0 Å². The van der Waals surface area contributed by atoms with Gasteiger partial charge in [0, 0.05) is 19.3 Å². The maximum absolute atomic E-state index is 12.8. The van der Waals surface area contributed by atoms with Crippen LogP contribution in [-0.2, 0) is 20.9 Å². The number of benzene rings is 1. The molecule has 0 spiro atoms. The van der Waals surface area contributed by atoms with Crippen LogP contribution in [0, 0.1) is 6.92 Å². The molecule has 32 heavy (non-hydrogen) atoms. The van der Waals surface area contributed by atoms with E-state index in [2.05, 4.69) is 26.8 Å². The number of carbonyl (C=O) groups excluding carboxylic acids is 3. The molecule has 0 saturated carbocycles. The standard InChI is InChI=1S/C22H25N5O2.CO2/c1-15-4-6-16(7-5-15)13-29-22(28)27-11-2-3-18-19(27)9-12-26(18)21-17-8-10-23-20(17)24-14-25-21;2-1-3/h4-8,10,14,18-19H,2-3,9,11-13H2,1H3,(H,23,24,25);/t18-,19?;/m0./s1. The van der Waals surface area contributed by atoms with E-state index in [0.717, 1.165) is 54.8 Å². The average molecular weight is 435 g/mol. The fourth-order valence-corrected chi connectivity index (χ4v) is 4.68. The average Bonchev–Trinajstić information content (AvgIpc) is 3.46. The molecule has 2 saturated heterocycles. The van der Waals surface area contributed by atoms with Gasteiger partial charge in [-0.3, -0.25) is 0 Å². The van der Waals surface area contributed by atoms with E-state index in [9.17, 15) is 4.79 Å². The van der Waals surface area contributed by atoms with E-state index in [1.807, 2.05) is 41.4 Å². The molecule has 2 aromatic heterocycles. The lowest BCUT2D eigenvalue weighted by molar-refractivity contribution is -0.191. The molecular weight excluding hydrogens is 410 g/mol. The van der Waals surface area contributed by atoms with Crippen molar-refractivity contribution in [2.45, 2.75) is 44.9 Å². The van der Waals surface area contributed by atoms with Crippen LogP contribution in [0.5, 0.6) is 0 Å². The summed E-state index contributed by atoms with van der Waals surface area (Å²) in [6.45, 7) is 4.00. The molecule has 9 heteroatoms. The van der Waals surface area contributed by atoms with Gasteiger partial charge in [0.25, 0.3) is 0 Å². The maximum atomic E-state index is 12.8. The maximum Gasteiger partial charge on any atom is 0.410 e. The Morgan fingerprint density at radius 2 is 1.91 bits per heavy atom. The Morgan fingerprint density at radius 3 is 2.69 bits per heavy atom. The Hall–Kier alpha value is -3.71. The number of amides is 1. The highest BCUT2D eigenvalue weighted by molar-refractivity contribution is 5.87. The number of aromatic nitrogens is 3. The number of likely N-dealkylation sites (tertiary alicyclic amines) is 1. The summed E-state index contributed by atoms with van der Waals surface area (Å²) in [7, 11) is 0. The summed E-state index contributed by atoms with van der Waals surface area (Å²) in [6, 6.07) is 10.6. The van der Waals surface area contributed by atoms with Crippen molar-refractivity contribution in [3.63, 3.8) is 0 Å². The van der Waals surface area contributed by atoms with E-state index in [4.69, 9.17) is 14.3 Å². The van der Waals surface area contributed by atoms with Crippen molar-refractivity contribution in [2.24, 2.45) is 0 Å². The predicted octanol–water partition coefficient (Wildman–Crippen LogP) is 3.06. The Bertz CT molecular complexity index is 1110. The fraction of sp³-hybridized carbons (Fsp3) is 0.391. The number of aromatic amines is 1. The minimum atomic E-state index is -0.211. The van der Waals surface area contributed by atoms with Crippen molar-refractivity contribution >= 4 is 29.1 Å². The van der Waals surface area contributed by atoms with E-state index in [1.165, 1.54) is 5.56 Å². The molecule has 1 unspecified atom stereocenters. The molecule has 2 aliphatic heterocycles. The molecular formula is C23H25N5O4. The Morgan fingerprint density at radius 1 is 1.12 bits per heavy atom. The van der Waals surface area contributed by atoms with Crippen molar-refractivity contribution in [3.8, 4) is 0 Å². The van der Waals surface area contributed by atoms with Crippen LogP contribution >= 0.6 is 0 Å². The van der Waals surface area contributed by atoms with Crippen molar-refractivity contribution in [3.05, 3.63) is 54.0 Å². The van der Waals surface area contributed by atoms with Crippen LogP contribution in [0.4, 0.5) is 10.6 Å². The third-order valence-corrected chi connectivity index (χ3v) is 6.13. The number of nitrogens with one attached hydrogen (secondary N) is 1. The van der Waals surface area contributed by atoms with Crippen LogP contribution in [0.2, 0.25) is 0 Å². The SMILES string of the molecule is Cc1ccc(COC(=O)N2CCC[C@H]3C2CCN3c2ncnc3[nH]ccc23)cc1.O=C=O. The van der Waals surface area contributed by atoms with Gasteiger partial charge in [0.05, 0.1) is 17.5 Å². The third-order valence-electron chi connectivity index (χ3n) is 6.13. The van der Waals surface area contributed by atoms with Crippen LogP contribution in [0.25, 0.3) is 11.0 Å². The second-order valence-electron chi connectivity index (χ2n) is 8.01. The highest BCUT2D eigenvalue weighted by Crippen LogP contribution is 2.36. The summed E-state index contributed by atoms with van der Waals surface area (Å²) in [5.41, 5.74) is 3.07. The van der Waals surface area contributed by atoms with Crippen molar-refractivity contribution in [2.75, 3.05) is 18.0 Å². The van der Waals surface area contributed by atoms with E-state index >= 15 is 0 Å². The van der Waals surface area contributed by atoms with Gasteiger partial charge in [-0.2, -0.15) is 9.59 Å². The minimum absolute atomic E-state index is 0.165. The number of nitrogens with zero attached hydrogens (tertiary/aromatic N) is 4. The first-order valence-electron chi connectivity index (χ1n) is 10.7. The molecule has 4 heterocycles. The van der Waals surface area contributed by atoms with E-state index in [0.29, 0.717) is 6.61 Å². The Labute approximate surface area is 185 Å². The number of ether oxygens (including phenoxy) is 1. The second-order valence-corrected chi connectivity index (χ2v) is 8.01. The molecule has 1 N–H and O–H groups in total. The number of rotatable bonds is 3. The van der Waals surface area contributed by atoms with Gasteiger partial charge >= 0.3 is 12.2 Å². The van der Waals surface area contributed by atoms with Crippen LogP contribution in [0.1, 0.15) is 30.4 Å². The van der Waals surface area contributed by atoms with Crippen LogP contribution in [-0.4, -0.2) is 57.3 Å². The van der Waals surface area contributed by atoms with Gasteiger partial charge in [-0.25, -0.2) is 14.8 Å². The van der Waals surface area contributed by atoms with Crippen molar-refractivity contribution in [1.29, 1.82) is 0 Å². The summed E-state index contributed by atoms with van der Waals surface area (Å²) in [5, 5.41) is 1.03. The van der Waals surface area contributed by atoms with Crippen LogP contribution in [0.15, 0.2) is 42.9 Å². The highest BCUT2D eigenvalue weighted by atomic mass is 16.6. The fourth-order valence-electron chi connectivity index (χ4n) is 4.68. The molecule has 166 valence electrons. The first-order valence-corrected chi connectivity index (χ1v) is 10.7. The number of fused-ring (bicyclic) bond motifs is 2. The number of piperidine rings is 1. The number of aryl methyl sites for hydroxylation is 1. The van der Waals surface area contributed by atoms with Crippen LogP contribution < -0.4 is 4.90 Å². The third kappa shape index (κ3) is 4.33. The van der Waals surface area contributed by atoms with Gasteiger partial charge < -0.3 is 19.5 Å². The molecule has 0 radical (unpaired) electrons. The highest BCUT2D eigenvalue weighted by Gasteiger charge is 2.43. The van der Waals surface area contributed by atoms with Gasteiger partial charge in [-0.15, -0.1) is 0 Å². The quantitative estimate of drug-likeness (QED) is 0.673. The van der Waals surface area contributed by atoms with Gasteiger partial charge in [0.1, 0.15) is 24.4 Å². The molecule has 3 aromatic rings. The summed E-state index contributed by atoms with van der Waals surface area (Å²) in [4.78, 5) is 45.4. The first-order chi connectivity index (χ1) is 15.6. The number of hydrogen-bond acceptors (Lipinski definition) is 7. The smallest absolute Gasteiger partial charge is 0.410 e. The summed E-state index contributed by atoms with van der Waals surface area (Å²) in [6.07, 6.45) is 6.50. The van der Waals surface area contributed by atoms with E-state index < -0.39 is 0 Å². The Balaban J connectivity index is 0.000000775. The molecule has 2 aliphatic rings. The number of hydrogen-bond donors (Lipinski definition) is 1. The zero-order valence-corrected chi connectivity index (χ0v) is 17.9. The number of H-pyrrole nitrogens is 1. The van der Waals surface area contributed by atoms with Gasteiger partial charge in [-0.1, -0.05) is 29.8 Å². The predicted molar refractivity (Wildman–Crippen MR) is 116 cm³/mol. The second kappa shape index (κ2) is 9.62. The largest absolute Gasteiger partial charge is 0.445 e. The van der Waals surface area contributed by atoms with Crippen molar-refractivity contribution in [1.82, 2.24) is 19.9 Å². The molecule has 1 aromatic carbocycles. The molecule has 2 atom stereocenters. The molecule has 9 nitrogen and oxygen atoms in total. The molecule has 5 rings (SSSR count). The summed E-state index contributed by atoms with van der Waals surface area (Å²) < 4.78 is 5.65. The van der Waals surface area contributed by atoms with E-state index in [-0.39, 0.29) is 24.3 Å². The Kier molecular flexibility index (Phi) is 6.47. The summed E-state index contributed by atoms with van der Waals surface area (Å²) >= 11 is 0. The zero-order chi connectivity index (χ0) is 22.5. The molecule has 1 amide bonds. The monoisotopic (exact) mass is 435 g/mol. The lowest BCUT2D eigenvalue weighted by Gasteiger charge is -2.39. The molecule has 0 bridgehead atoms. The normalized spacial score (nSPS) is 19.7. The van der Waals surface area contributed by atoms with Gasteiger partial charge in [-0.05, 0) is 37.8 Å². The number of carbonyl (C=O) groups is 1. The molecule has 0 aliphatic carbocycles. The van der Waals surface area contributed by atoms with Gasteiger partial charge in [0.15, 0.2) is 0 Å². The first kappa shape index (κ1) is 21.5.